The van der Waals surface area contributed by atoms with Crippen LogP contribution in [0.2, 0.25) is 0 Å². The predicted molar refractivity (Wildman–Crippen MR) is 127 cm³/mol. The van der Waals surface area contributed by atoms with Gasteiger partial charge in [0.05, 0.1) is 17.6 Å². The van der Waals surface area contributed by atoms with E-state index in [0.29, 0.717) is 22.1 Å². The molecular formula is C24H19BrN4O3. The van der Waals surface area contributed by atoms with Gasteiger partial charge in [-0.15, -0.1) is 0 Å². The highest BCUT2D eigenvalue weighted by Gasteiger charge is 2.18. The number of amides is 2. The largest absolute Gasteiger partial charge is 0.342 e. The Labute approximate surface area is 192 Å². The van der Waals surface area contributed by atoms with Gasteiger partial charge in [0, 0.05) is 15.5 Å². The number of benzene rings is 3. The molecule has 0 saturated carbocycles. The third-order valence-corrected chi connectivity index (χ3v) is 5.39. The first-order valence-corrected chi connectivity index (χ1v) is 10.6. The monoisotopic (exact) mass is 490 g/mol. The number of carbonyl (C=O) groups excluding carboxylic acids is 2. The van der Waals surface area contributed by atoms with Crippen LogP contribution in [-0.2, 0) is 4.79 Å². The number of aryl methyl sites for hydroxylation is 1. The molecular weight excluding hydrogens is 472 g/mol. The average Bonchev–Trinajstić information content (AvgIpc) is 2.80. The highest BCUT2D eigenvalue weighted by molar-refractivity contribution is 9.10. The number of nitrogens with one attached hydrogen (secondary N) is 2. The number of halogens is 1. The van der Waals surface area contributed by atoms with Crippen molar-refractivity contribution >= 4 is 44.2 Å². The molecule has 4 aromatic rings. The van der Waals surface area contributed by atoms with Gasteiger partial charge in [-0.3, -0.25) is 14.4 Å². The molecule has 0 aliphatic rings. The molecule has 0 aliphatic carbocycles. The molecule has 32 heavy (non-hydrogen) atoms. The van der Waals surface area contributed by atoms with Gasteiger partial charge in [0.2, 0.25) is 5.91 Å². The van der Waals surface area contributed by atoms with Gasteiger partial charge >= 0.3 is 0 Å². The fourth-order valence-corrected chi connectivity index (χ4v) is 3.78. The molecule has 4 rings (SSSR count). The van der Waals surface area contributed by atoms with Crippen LogP contribution in [0.3, 0.4) is 0 Å². The number of anilines is 1. The van der Waals surface area contributed by atoms with Crippen LogP contribution in [0.15, 0.2) is 82.1 Å². The Balaban J connectivity index is 1.60. The van der Waals surface area contributed by atoms with Crippen molar-refractivity contribution in [3.8, 4) is 5.69 Å². The summed E-state index contributed by atoms with van der Waals surface area (Å²) in [5, 5.41) is 10.5. The van der Waals surface area contributed by atoms with Crippen LogP contribution in [-0.4, -0.2) is 28.1 Å². The van der Waals surface area contributed by atoms with Gasteiger partial charge in [-0.25, -0.2) is 0 Å². The summed E-state index contributed by atoms with van der Waals surface area (Å²) >= 11 is 3.38. The minimum atomic E-state index is -0.548. The molecule has 0 unspecified atom stereocenters. The molecule has 1 aromatic heterocycles. The Bertz CT molecular complexity index is 1380. The van der Waals surface area contributed by atoms with E-state index in [2.05, 4.69) is 31.7 Å². The van der Waals surface area contributed by atoms with Crippen molar-refractivity contribution in [3.63, 3.8) is 0 Å². The van der Waals surface area contributed by atoms with Crippen LogP contribution < -0.4 is 16.2 Å². The normalized spacial score (nSPS) is 10.7. The molecule has 0 fully saturated rings. The Kier molecular flexibility index (Phi) is 6.13. The van der Waals surface area contributed by atoms with E-state index >= 15 is 0 Å². The van der Waals surface area contributed by atoms with Gasteiger partial charge in [-0.2, -0.15) is 9.78 Å². The van der Waals surface area contributed by atoms with Crippen LogP contribution >= 0.6 is 15.9 Å². The Hall–Kier alpha value is -3.78. The molecule has 0 saturated heterocycles. The van der Waals surface area contributed by atoms with E-state index < -0.39 is 5.91 Å². The molecule has 0 atom stereocenters. The highest BCUT2D eigenvalue weighted by Crippen LogP contribution is 2.20. The highest BCUT2D eigenvalue weighted by atomic mass is 79.9. The number of carbonyl (C=O) groups is 2. The molecule has 2 N–H and O–H groups in total. The maximum atomic E-state index is 12.9. The zero-order valence-electron chi connectivity index (χ0n) is 17.1. The van der Waals surface area contributed by atoms with Crippen molar-refractivity contribution in [2.75, 3.05) is 11.9 Å². The van der Waals surface area contributed by atoms with E-state index in [1.54, 1.807) is 54.6 Å². The quantitative estimate of drug-likeness (QED) is 0.444. The summed E-state index contributed by atoms with van der Waals surface area (Å²) in [7, 11) is 0. The molecule has 1 heterocycles. The molecule has 0 aliphatic heterocycles. The van der Waals surface area contributed by atoms with E-state index in [-0.39, 0.29) is 23.7 Å². The van der Waals surface area contributed by atoms with Crippen molar-refractivity contribution in [1.82, 2.24) is 15.1 Å². The third-order valence-electron chi connectivity index (χ3n) is 4.89. The number of aromatic nitrogens is 2. The molecule has 2 amide bonds. The van der Waals surface area contributed by atoms with E-state index in [0.717, 1.165) is 10.0 Å². The predicted octanol–water partition coefficient (Wildman–Crippen LogP) is 3.83. The summed E-state index contributed by atoms with van der Waals surface area (Å²) in [4.78, 5) is 38.3. The van der Waals surface area contributed by atoms with E-state index in [9.17, 15) is 14.4 Å². The van der Waals surface area contributed by atoms with Crippen molar-refractivity contribution in [3.05, 3.63) is 98.9 Å². The maximum absolute atomic E-state index is 12.9. The third kappa shape index (κ3) is 4.45. The second-order valence-electron chi connectivity index (χ2n) is 7.14. The van der Waals surface area contributed by atoms with Crippen molar-refractivity contribution in [1.29, 1.82) is 0 Å². The van der Waals surface area contributed by atoms with E-state index in [1.807, 2.05) is 25.1 Å². The fraction of sp³-hybridized carbons (Fsp3) is 0.0833. The zero-order valence-corrected chi connectivity index (χ0v) is 18.7. The topological polar surface area (TPSA) is 93.1 Å². The lowest BCUT2D eigenvalue weighted by Gasteiger charge is -2.12. The second kappa shape index (κ2) is 9.15. The lowest BCUT2D eigenvalue weighted by atomic mass is 10.1. The molecule has 8 heteroatoms. The van der Waals surface area contributed by atoms with Crippen LogP contribution in [0.4, 0.5) is 5.69 Å². The number of hydrogen-bond acceptors (Lipinski definition) is 4. The summed E-state index contributed by atoms with van der Waals surface area (Å²) in [5.74, 6) is -0.919. The lowest BCUT2D eigenvalue weighted by Crippen LogP contribution is -2.35. The molecule has 7 nitrogen and oxygen atoms in total. The number of hydrogen-bond donors (Lipinski definition) is 2. The van der Waals surface area contributed by atoms with Gasteiger partial charge in [-0.05, 0) is 48.9 Å². The molecule has 3 aromatic carbocycles. The van der Waals surface area contributed by atoms with Crippen LogP contribution in [0.25, 0.3) is 16.5 Å². The zero-order chi connectivity index (χ0) is 22.7. The molecule has 160 valence electrons. The minimum Gasteiger partial charge on any atom is -0.342 e. The SMILES string of the molecule is Cc1cc(Br)ccc1NC(=O)CNC(=O)c1nn(-c2ccccc2)c(=O)c2ccccc12. The van der Waals surface area contributed by atoms with Crippen LogP contribution in [0, 0.1) is 6.92 Å². The van der Waals surface area contributed by atoms with Gasteiger partial charge in [-0.1, -0.05) is 52.3 Å². The molecule has 0 bridgehead atoms. The van der Waals surface area contributed by atoms with Crippen molar-refractivity contribution in [2.45, 2.75) is 6.92 Å². The van der Waals surface area contributed by atoms with E-state index in [1.165, 1.54) is 4.68 Å². The first-order valence-electron chi connectivity index (χ1n) is 9.86. The number of para-hydroxylation sites is 1. The molecule has 0 spiro atoms. The Morgan fingerprint density at radius 2 is 1.66 bits per heavy atom. The van der Waals surface area contributed by atoms with Gasteiger partial charge in [0.15, 0.2) is 5.69 Å². The first-order chi connectivity index (χ1) is 15.4. The minimum absolute atomic E-state index is 0.0664. The Morgan fingerprint density at radius 3 is 2.38 bits per heavy atom. The second-order valence-corrected chi connectivity index (χ2v) is 8.05. The summed E-state index contributed by atoms with van der Waals surface area (Å²) < 4.78 is 2.11. The Morgan fingerprint density at radius 1 is 0.969 bits per heavy atom. The number of rotatable bonds is 5. The van der Waals surface area contributed by atoms with Crippen LogP contribution in [0.1, 0.15) is 16.1 Å². The maximum Gasteiger partial charge on any atom is 0.279 e. The van der Waals surface area contributed by atoms with Gasteiger partial charge < -0.3 is 10.6 Å². The summed E-state index contributed by atoms with van der Waals surface area (Å²) in [6.07, 6.45) is 0. The van der Waals surface area contributed by atoms with Gasteiger partial charge in [0.1, 0.15) is 0 Å². The van der Waals surface area contributed by atoms with Crippen molar-refractivity contribution in [2.24, 2.45) is 0 Å². The smallest absolute Gasteiger partial charge is 0.279 e. The average molecular weight is 491 g/mol. The number of nitrogens with zero attached hydrogens (tertiary/aromatic N) is 2. The lowest BCUT2D eigenvalue weighted by molar-refractivity contribution is -0.115. The van der Waals surface area contributed by atoms with Crippen molar-refractivity contribution < 1.29 is 9.59 Å². The van der Waals surface area contributed by atoms with E-state index in [4.69, 9.17) is 0 Å². The summed E-state index contributed by atoms with van der Waals surface area (Å²) in [6, 6.07) is 21.1. The first kappa shape index (κ1) is 21.5. The van der Waals surface area contributed by atoms with Gasteiger partial charge in [0.25, 0.3) is 11.5 Å². The fourth-order valence-electron chi connectivity index (χ4n) is 3.31. The number of fused-ring (bicyclic) bond motifs is 1. The summed E-state index contributed by atoms with van der Waals surface area (Å²) in [5.41, 5.74) is 1.83. The molecule has 0 radical (unpaired) electrons. The summed E-state index contributed by atoms with van der Waals surface area (Å²) in [6.45, 7) is 1.64. The van der Waals surface area contributed by atoms with Crippen LogP contribution in [0.5, 0.6) is 0 Å². The standard InChI is InChI=1S/C24H19BrN4O3/c1-15-13-16(25)11-12-20(15)27-21(30)14-26-23(31)22-18-9-5-6-10-19(18)24(32)29(28-22)17-7-3-2-4-8-17/h2-13H,14H2,1H3,(H,26,31)(H,27,30).